The van der Waals surface area contributed by atoms with Gasteiger partial charge in [-0.05, 0) is 80.7 Å². The van der Waals surface area contributed by atoms with Gasteiger partial charge in [0, 0.05) is 22.4 Å². The van der Waals surface area contributed by atoms with E-state index < -0.39 is 0 Å². The smallest absolute Gasteiger partial charge is 0.0611 e. The zero-order chi connectivity index (χ0) is 19.3. The van der Waals surface area contributed by atoms with E-state index in [1.54, 1.807) is 0 Å². The molecule has 1 saturated carbocycles. The van der Waals surface area contributed by atoms with Gasteiger partial charge in [-0.15, -0.1) is 11.8 Å². The highest BCUT2D eigenvalue weighted by molar-refractivity contribution is 8.03. The predicted molar refractivity (Wildman–Crippen MR) is 117 cm³/mol. The molecule has 0 aromatic heterocycles. The maximum Gasteiger partial charge on any atom is 0.0611 e. The molecule has 4 heteroatoms. The summed E-state index contributed by atoms with van der Waals surface area (Å²) in [6.07, 6.45) is 12.5. The molecule has 3 atom stereocenters. The van der Waals surface area contributed by atoms with Gasteiger partial charge in [0.15, 0.2) is 0 Å². The van der Waals surface area contributed by atoms with Gasteiger partial charge in [0.1, 0.15) is 0 Å². The van der Waals surface area contributed by atoms with Crippen LogP contribution in [0.5, 0.6) is 0 Å². The first kappa shape index (κ1) is 20.4. The summed E-state index contributed by atoms with van der Waals surface area (Å²) in [5, 5.41) is 9.52. The number of aliphatic hydroxyl groups is 1. The minimum absolute atomic E-state index is 0.0960. The maximum absolute atomic E-state index is 9.52. The summed E-state index contributed by atoms with van der Waals surface area (Å²) in [4.78, 5) is 5.09. The molecular weight excluding hydrogens is 352 g/mol. The van der Waals surface area contributed by atoms with Crippen molar-refractivity contribution in [3.05, 3.63) is 58.1 Å². The molecule has 27 heavy (non-hydrogen) atoms. The van der Waals surface area contributed by atoms with Crippen molar-refractivity contribution in [1.29, 1.82) is 0 Å². The molecule has 0 heterocycles. The third-order valence-corrected chi connectivity index (χ3v) is 7.24. The lowest BCUT2D eigenvalue weighted by Gasteiger charge is -2.26. The highest BCUT2D eigenvalue weighted by Crippen LogP contribution is 2.41. The van der Waals surface area contributed by atoms with Crippen molar-refractivity contribution >= 4 is 18.5 Å². The van der Waals surface area contributed by atoms with Crippen LogP contribution < -0.4 is 5.73 Å². The van der Waals surface area contributed by atoms with Crippen molar-refractivity contribution in [3.8, 4) is 0 Å². The van der Waals surface area contributed by atoms with E-state index in [1.807, 2.05) is 24.9 Å². The summed E-state index contributed by atoms with van der Waals surface area (Å²) in [5.41, 5.74) is 10.3. The zero-order valence-corrected chi connectivity index (χ0v) is 17.2. The maximum atomic E-state index is 9.52. The molecule has 0 amide bonds. The van der Waals surface area contributed by atoms with Crippen LogP contribution in [0, 0.1) is 5.92 Å². The highest BCUT2D eigenvalue weighted by atomic mass is 32.2. The number of aliphatic hydroxyl groups excluding tert-OH is 1. The molecule has 1 aromatic rings. The van der Waals surface area contributed by atoms with Crippen molar-refractivity contribution in [3.63, 3.8) is 0 Å². The third kappa shape index (κ3) is 5.13. The van der Waals surface area contributed by atoms with Crippen LogP contribution in [-0.2, 0) is 12.8 Å². The van der Waals surface area contributed by atoms with Crippen molar-refractivity contribution in [2.75, 3.05) is 12.4 Å². The molecule has 0 spiro atoms. The van der Waals surface area contributed by atoms with E-state index in [1.165, 1.54) is 28.0 Å². The van der Waals surface area contributed by atoms with Crippen LogP contribution in [0.2, 0.25) is 0 Å². The highest BCUT2D eigenvalue weighted by Gasteiger charge is 2.36. The Morgan fingerprint density at radius 3 is 2.96 bits per heavy atom. The predicted octanol–water partition coefficient (Wildman–Crippen LogP) is 4.60. The number of nitrogens with two attached hydrogens (primary N) is 1. The Morgan fingerprint density at radius 1 is 1.41 bits per heavy atom. The van der Waals surface area contributed by atoms with E-state index in [0.717, 1.165) is 37.9 Å². The van der Waals surface area contributed by atoms with E-state index in [2.05, 4.69) is 42.1 Å². The monoisotopic (exact) mass is 384 g/mol. The molecule has 3 rings (SSSR count). The Balaban J connectivity index is 1.61. The van der Waals surface area contributed by atoms with Gasteiger partial charge in [0.25, 0.3) is 0 Å². The van der Waals surface area contributed by atoms with Crippen LogP contribution in [0.1, 0.15) is 55.2 Å². The van der Waals surface area contributed by atoms with Crippen LogP contribution in [0.15, 0.2) is 46.4 Å². The van der Waals surface area contributed by atoms with E-state index in [-0.39, 0.29) is 12.1 Å². The Hall–Kier alpha value is -1.36. The molecule has 1 aromatic carbocycles. The Bertz CT molecular complexity index is 727. The van der Waals surface area contributed by atoms with Crippen molar-refractivity contribution < 1.29 is 5.11 Å². The molecule has 0 aliphatic heterocycles. The summed E-state index contributed by atoms with van der Waals surface area (Å²) in [7, 11) is 0. The van der Waals surface area contributed by atoms with E-state index in [9.17, 15) is 5.11 Å². The SMILES string of the molecule is C=N/C=C(\C=C/C)SC[C@@H]1CCc2cc([C@H]3CC[C@](N)(CO)C3)ccc2C1. The van der Waals surface area contributed by atoms with Gasteiger partial charge in [-0.2, -0.15) is 0 Å². The molecule has 146 valence electrons. The molecule has 0 bridgehead atoms. The third-order valence-electron chi connectivity index (χ3n) is 6.03. The first-order valence-corrected chi connectivity index (χ1v) is 11.0. The number of hydrogen-bond acceptors (Lipinski definition) is 4. The summed E-state index contributed by atoms with van der Waals surface area (Å²) in [6, 6.07) is 7.05. The number of aryl methyl sites for hydroxylation is 1. The lowest BCUT2D eigenvalue weighted by Crippen LogP contribution is -2.40. The minimum atomic E-state index is -0.374. The summed E-state index contributed by atoms with van der Waals surface area (Å²) in [6.45, 7) is 5.70. The molecule has 3 nitrogen and oxygen atoms in total. The second-order valence-corrected chi connectivity index (χ2v) is 9.22. The van der Waals surface area contributed by atoms with Gasteiger partial charge in [-0.1, -0.05) is 30.4 Å². The van der Waals surface area contributed by atoms with Gasteiger partial charge in [-0.25, -0.2) is 0 Å². The number of fused-ring (bicyclic) bond motifs is 1. The molecule has 2 aliphatic rings. The summed E-state index contributed by atoms with van der Waals surface area (Å²) in [5.74, 6) is 2.34. The van der Waals surface area contributed by atoms with Gasteiger partial charge in [-0.3, -0.25) is 4.99 Å². The average Bonchev–Trinajstić information content (AvgIpc) is 3.09. The number of aliphatic imine (C=N–C) groups is 1. The van der Waals surface area contributed by atoms with Crippen LogP contribution in [0.3, 0.4) is 0 Å². The molecule has 2 aliphatic carbocycles. The molecule has 0 saturated heterocycles. The lowest BCUT2D eigenvalue weighted by molar-refractivity contribution is 0.198. The van der Waals surface area contributed by atoms with Crippen LogP contribution in [0.25, 0.3) is 0 Å². The molecule has 0 radical (unpaired) electrons. The quantitative estimate of drug-likeness (QED) is 0.533. The first-order chi connectivity index (χ1) is 13.1. The van der Waals surface area contributed by atoms with Crippen LogP contribution in [0.4, 0.5) is 0 Å². The van der Waals surface area contributed by atoms with Crippen molar-refractivity contribution in [2.24, 2.45) is 16.6 Å². The lowest BCUT2D eigenvalue weighted by atomic mass is 9.82. The summed E-state index contributed by atoms with van der Waals surface area (Å²) < 4.78 is 0. The van der Waals surface area contributed by atoms with Gasteiger partial charge < -0.3 is 10.8 Å². The van der Waals surface area contributed by atoms with E-state index in [0.29, 0.717) is 11.8 Å². The van der Waals surface area contributed by atoms with Crippen LogP contribution >= 0.6 is 11.8 Å². The second kappa shape index (κ2) is 9.22. The fraction of sp³-hybridized carbons (Fsp3) is 0.522. The topological polar surface area (TPSA) is 58.6 Å². The fourth-order valence-electron chi connectivity index (χ4n) is 4.43. The summed E-state index contributed by atoms with van der Waals surface area (Å²) >= 11 is 1.88. The van der Waals surface area contributed by atoms with Crippen molar-refractivity contribution in [2.45, 2.75) is 56.9 Å². The Labute approximate surface area is 167 Å². The first-order valence-electron chi connectivity index (χ1n) is 10.00. The van der Waals surface area contributed by atoms with Gasteiger partial charge >= 0.3 is 0 Å². The molecular formula is C23H32N2OS. The fourth-order valence-corrected chi connectivity index (χ4v) is 5.52. The Kier molecular flexibility index (Phi) is 6.96. The number of benzene rings is 1. The van der Waals surface area contributed by atoms with Gasteiger partial charge in [0.2, 0.25) is 0 Å². The Morgan fingerprint density at radius 2 is 2.26 bits per heavy atom. The minimum Gasteiger partial charge on any atom is -0.394 e. The van der Waals surface area contributed by atoms with Crippen LogP contribution in [-0.4, -0.2) is 29.7 Å². The number of nitrogens with zero attached hydrogens (tertiary/aromatic N) is 1. The number of thioether (sulfide) groups is 1. The standard InChI is InChI=1S/C23H32N2OS/c1-3-4-22(14-25-2)27-15-17-5-6-19-12-20(8-7-18(19)11-17)21-9-10-23(24,13-21)16-26/h3-4,7-8,12,14,17,21,26H,2,5-6,9-11,13,15-16,24H2,1H3/b4-3-,22-14+/t17-,21+,23-/m1/s1. The van der Waals surface area contributed by atoms with E-state index >= 15 is 0 Å². The molecule has 3 N–H and O–H groups in total. The average molecular weight is 385 g/mol. The number of allylic oxidation sites excluding steroid dienone is 2. The molecule has 1 fully saturated rings. The molecule has 0 unspecified atom stereocenters. The zero-order valence-electron chi connectivity index (χ0n) is 16.4. The van der Waals surface area contributed by atoms with Crippen molar-refractivity contribution in [1.82, 2.24) is 0 Å². The second-order valence-electron chi connectivity index (χ2n) is 8.12. The van der Waals surface area contributed by atoms with Gasteiger partial charge in [0.05, 0.1) is 6.61 Å². The number of hydrogen-bond donors (Lipinski definition) is 2. The number of rotatable bonds is 7. The van der Waals surface area contributed by atoms with E-state index in [4.69, 9.17) is 5.73 Å². The normalized spacial score (nSPS) is 28.5. The largest absolute Gasteiger partial charge is 0.394 e.